The number of halogens is 1. The molecule has 24 heavy (non-hydrogen) atoms. The van der Waals surface area contributed by atoms with Crippen molar-refractivity contribution in [3.8, 4) is 5.75 Å². The molecule has 0 bridgehead atoms. The van der Waals surface area contributed by atoms with Crippen molar-refractivity contribution in [1.82, 2.24) is 14.9 Å². The zero-order valence-corrected chi connectivity index (χ0v) is 15.3. The number of aryl methyl sites for hydroxylation is 1. The summed E-state index contributed by atoms with van der Waals surface area (Å²) in [6, 6.07) is 5.60. The Morgan fingerprint density at radius 1 is 1.17 bits per heavy atom. The quantitative estimate of drug-likeness (QED) is 0.710. The van der Waals surface area contributed by atoms with Crippen LogP contribution in [-0.2, 0) is 0 Å². The maximum absolute atomic E-state index is 6.14. The maximum Gasteiger partial charge on any atom is 0.143 e. The molecule has 0 saturated carbocycles. The number of ether oxygens (including phenoxy) is 1. The van der Waals surface area contributed by atoms with Crippen LogP contribution in [0.25, 0.3) is 0 Å². The first-order chi connectivity index (χ1) is 11.5. The first kappa shape index (κ1) is 18.3. The average Bonchev–Trinajstić information content (AvgIpc) is 2.55. The Balaban J connectivity index is 2.05. The van der Waals surface area contributed by atoms with E-state index >= 15 is 0 Å². The van der Waals surface area contributed by atoms with E-state index in [1.807, 2.05) is 19.1 Å². The molecule has 0 unspecified atom stereocenters. The second-order valence-corrected chi connectivity index (χ2v) is 6.21. The summed E-state index contributed by atoms with van der Waals surface area (Å²) in [5.74, 6) is 2.15. The number of anilines is 3. The molecule has 0 radical (unpaired) electrons. The van der Waals surface area contributed by atoms with Crippen molar-refractivity contribution in [2.24, 2.45) is 0 Å². The van der Waals surface area contributed by atoms with Crippen molar-refractivity contribution < 1.29 is 4.74 Å². The lowest BCUT2D eigenvalue weighted by atomic mass is 10.2. The summed E-state index contributed by atoms with van der Waals surface area (Å²) >= 11 is 6.14. The molecule has 1 aromatic carbocycles. The van der Waals surface area contributed by atoms with Crippen molar-refractivity contribution in [2.45, 2.75) is 13.3 Å². The summed E-state index contributed by atoms with van der Waals surface area (Å²) in [4.78, 5) is 10.7. The molecule has 0 aliphatic heterocycles. The Morgan fingerprint density at radius 2 is 1.92 bits per heavy atom. The highest BCUT2D eigenvalue weighted by Gasteiger charge is 2.08. The van der Waals surface area contributed by atoms with Gasteiger partial charge in [-0.15, -0.1) is 0 Å². The Hall–Kier alpha value is -2.05. The van der Waals surface area contributed by atoms with Crippen LogP contribution < -0.4 is 15.4 Å². The van der Waals surface area contributed by atoms with E-state index in [1.165, 1.54) is 6.33 Å². The fourth-order valence-corrected chi connectivity index (χ4v) is 2.36. The van der Waals surface area contributed by atoms with E-state index in [1.54, 1.807) is 13.2 Å². The van der Waals surface area contributed by atoms with Crippen LogP contribution in [0.2, 0.25) is 5.02 Å². The Labute approximate surface area is 148 Å². The SMILES string of the molecule is COc1cc(Cl)c(C)cc1Nc1cc(NCCCN(C)C)ncn1. The predicted molar refractivity (Wildman–Crippen MR) is 99.7 cm³/mol. The van der Waals surface area contributed by atoms with Gasteiger partial charge in [-0.3, -0.25) is 0 Å². The number of benzene rings is 1. The lowest BCUT2D eigenvalue weighted by molar-refractivity contribution is 0.405. The number of nitrogens with zero attached hydrogens (tertiary/aromatic N) is 3. The lowest BCUT2D eigenvalue weighted by Gasteiger charge is -2.13. The van der Waals surface area contributed by atoms with E-state index in [9.17, 15) is 0 Å². The molecule has 0 saturated heterocycles. The number of hydrogen-bond acceptors (Lipinski definition) is 6. The van der Waals surface area contributed by atoms with E-state index < -0.39 is 0 Å². The van der Waals surface area contributed by atoms with Crippen molar-refractivity contribution in [1.29, 1.82) is 0 Å². The molecule has 0 fully saturated rings. The van der Waals surface area contributed by atoms with E-state index in [4.69, 9.17) is 16.3 Å². The summed E-state index contributed by atoms with van der Waals surface area (Å²) in [6.45, 7) is 3.84. The highest BCUT2D eigenvalue weighted by molar-refractivity contribution is 6.31. The van der Waals surface area contributed by atoms with Gasteiger partial charge in [0.15, 0.2) is 0 Å². The molecule has 1 heterocycles. The number of aromatic nitrogens is 2. The third kappa shape index (κ3) is 5.25. The topological polar surface area (TPSA) is 62.3 Å². The molecule has 0 aliphatic carbocycles. The third-order valence-corrected chi connectivity index (χ3v) is 3.91. The first-order valence-electron chi connectivity index (χ1n) is 7.81. The zero-order chi connectivity index (χ0) is 17.5. The van der Waals surface area contributed by atoms with Gasteiger partial charge in [0.25, 0.3) is 0 Å². The molecule has 2 N–H and O–H groups in total. The van der Waals surface area contributed by atoms with E-state index in [0.29, 0.717) is 16.6 Å². The zero-order valence-electron chi connectivity index (χ0n) is 14.6. The Kier molecular flexibility index (Phi) is 6.63. The second-order valence-electron chi connectivity index (χ2n) is 5.80. The second kappa shape index (κ2) is 8.70. The summed E-state index contributed by atoms with van der Waals surface area (Å²) < 4.78 is 5.37. The molecule has 2 aromatic rings. The van der Waals surface area contributed by atoms with E-state index in [-0.39, 0.29) is 0 Å². The number of methoxy groups -OCH3 is 1. The van der Waals surface area contributed by atoms with Gasteiger partial charge in [0.1, 0.15) is 23.7 Å². The van der Waals surface area contributed by atoms with Gasteiger partial charge in [-0.2, -0.15) is 0 Å². The van der Waals surface area contributed by atoms with Crippen LogP contribution in [0, 0.1) is 6.92 Å². The monoisotopic (exact) mass is 349 g/mol. The standard InChI is InChI=1S/C17H24ClN5O/c1-12-8-14(15(24-4)9-13(12)18)22-17-10-16(20-11-21-17)19-6-5-7-23(2)3/h8-11H,5-7H2,1-4H3,(H2,19,20,21,22). The maximum atomic E-state index is 6.14. The molecule has 0 amide bonds. The van der Waals surface area contributed by atoms with Crippen LogP contribution in [-0.4, -0.2) is 49.2 Å². The van der Waals surface area contributed by atoms with Crippen molar-refractivity contribution in [3.05, 3.63) is 35.1 Å². The normalized spacial score (nSPS) is 10.8. The van der Waals surface area contributed by atoms with Gasteiger partial charge in [0.05, 0.1) is 12.8 Å². The molecule has 7 heteroatoms. The minimum Gasteiger partial charge on any atom is -0.495 e. The fraction of sp³-hybridized carbons (Fsp3) is 0.412. The Bertz CT molecular complexity index is 678. The molecule has 1 aromatic heterocycles. The van der Waals surface area contributed by atoms with E-state index in [2.05, 4.69) is 39.6 Å². The van der Waals surface area contributed by atoms with Gasteiger partial charge in [0, 0.05) is 23.7 Å². The molecule has 0 aliphatic rings. The molecule has 130 valence electrons. The summed E-state index contributed by atoms with van der Waals surface area (Å²) in [7, 11) is 5.74. The molecular formula is C17H24ClN5O. The van der Waals surface area contributed by atoms with Crippen LogP contribution in [0.15, 0.2) is 24.5 Å². The summed E-state index contributed by atoms with van der Waals surface area (Å²) in [6.07, 6.45) is 2.58. The molecular weight excluding hydrogens is 326 g/mol. The lowest BCUT2D eigenvalue weighted by Crippen LogP contribution is -2.16. The average molecular weight is 350 g/mol. The summed E-state index contributed by atoms with van der Waals surface area (Å²) in [5, 5.41) is 7.23. The van der Waals surface area contributed by atoms with Crippen molar-refractivity contribution in [2.75, 3.05) is 44.9 Å². The minimum absolute atomic E-state index is 0.670. The van der Waals surface area contributed by atoms with Gasteiger partial charge < -0.3 is 20.3 Å². The largest absolute Gasteiger partial charge is 0.495 e. The van der Waals surface area contributed by atoms with Crippen LogP contribution >= 0.6 is 11.6 Å². The van der Waals surface area contributed by atoms with Gasteiger partial charge in [-0.05, 0) is 45.6 Å². The number of nitrogens with one attached hydrogen (secondary N) is 2. The molecule has 0 spiro atoms. The number of rotatable bonds is 8. The van der Waals surface area contributed by atoms with Crippen LogP contribution in [0.1, 0.15) is 12.0 Å². The summed E-state index contributed by atoms with van der Waals surface area (Å²) in [5.41, 5.74) is 1.78. The molecule has 2 rings (SSSR count). The van der Waals surface area contributed by atoms with Crippen molar-refractivity contribution in [3.63, 3.8) is 0 Å². The first-order valence-corrected chi connectivity index (χ1v) is 8.19. The van der Waals surface area contributed by atoms with Crippen LogP contribution in [0.4, 0.5) is 17.3 Å². The van der Waals surface area contributed by atoms with E-state index in [0.717, 1.165) is 36.6 Å². The highest BCUT2D eigenvalue weighted by Crippen LogP contribution is 2.32. The van der Waals surface area contributed by atoms with Crippen LogP contribution in [0.5, 0.6) is 5.75 Å². The van der Waals surface area contributed by atoms with Gasteiger partial charge >= 0.3 is 0 Å². The fourth-order valence-electron chi connectivity index (χ4n) is 2.20. The van der Waals surface area contributed by atoms with Gasteiger partial charge in [-0.25, -0.2) is 9.97 Å². The van der Waals surface area contributed by atoms with Gasteiger partial charge in [0.2, 0.25) is 0 Å². The Morgan fingerprint density at radius 3 is 2.62 bits per heavy atom. The number of hydrogen-bond donors (Lipinski definition) is 2. The highest BCUT2D eigenvalue weighted by atomic mass is 35.5. The third-order valence-electron chi connectivity index (χ3n) is 3.50. The van der Waals surface area contributed by atoms with Crippen LogP contribution in [0.3, 0.4) is 0 Å². The smallest absolute Gasteiger partial charge is 0.143 e. The van der Waals surface area contributed by atoms with Gasteiger partial charge in [-0.1, -0.05) is 11.6 Å². The molecule has 0 atom stereocenters. The molecule has 6 nitrogen and oxygen atoms in total. The minimum atomic E-state index is 0.670. The predicted octanol–water partition coefficient (Wildman–Crippen LogP) is 3.55. The van der Waals surface area contributed by atoms with Crippen molar-refractivity contribution >= 4 is 28.9 Å².